The van der Waals surface area contributed by atoms with Crippen LogP contribution in [-0.4, -0.2) is 31.5 Å². The standard InChI is InChI=1S/C25H19ClF4N6O/c1-11-18(26)22(36-20(23(29)30)14-6-12(8-31)4-5-15(14)27)21-17(34-11)7-16(28)19(35-21)13-9-32-24(33-10-13)25(2,3)37/h4-7,9-10,20,23,37H,1-3H3,(H,34,36)/t20-/m0/s1. The lowest BCUT2D eigenvalue weighted by Gasteiger charge is -2.22. The summed E-state index contributed by atoms with van der Waals surface area (Å²) in [7, 11) is 0. The van der Waals surface area contributed by atoms with Gasteiger partial charge in [0.05, 0.1) is 33.6 Å². The van der Waals surface area contributed by atoms with E-state index >= 15 is 4.39 Å². The molecule has 2 N–H and O–H groups in total. The van der Waals surface area contributed by atoms with Crippen molar-refractivity contribution in [3.63, 3.8) is 0 Å². The molecule has 190 valence electrons. The molecule has 0 saturated carbocycles. The Bertz CT molecular complexity index is 1530. The van der Waals surface area contributed by atoms with Crippen molar-refractivity contribution in [2.75, 3.05) is 5.32 Å². The number of alkyl halides is 2. The van der Waals surface area contributed by atoms with Crippen molar-refractivity contribution >= 4 is 28.3 Å². The first-order valence-electron chi connectivity index (χ1n) is 10.9. The minimum atomic E-state index is -3.12. The maximum atomic E-state index is 15.0. The van der Waals surface area contributed by atoms with Crippen molar-refractivity contribution in [3.05, 3.63) is 76.0 Å². The Kier molecular flexibility index (Phi) is 6.99. The molecule has 4 aromatic rings. The largest absolute Gasteiger partial charge is 0.382 e. The molecule has 0 unspecified atom stereocenters. The summed E-state index contributed by atoms with van der Waals surface area (Å²) in [5.74, 6) is -1.64. The van der Waals surface area contributed by atoms with Gasteiger partial charge in [-0.2, -0.15) is 5.26 Å². The molecule has 3 aromatic heterocycles. The average Bonchev–Trinajstić information content (AvgIpc) is 2.84. The minimum Gasteiger partial charge on any atom is -0.382 e. The number of pyridine rings is 2. The maximum absolute atomic E-state index is 15.0. The zero-order valence-electron chi connectivity index (χ0n) is 19.7. The average molecular weight is 531 g/mol. The predicted octanol–water partition coefficient (Wildman–Crippen LogP) is 5.84. The highest BCUT2D eigenvalue weighted by Gasteiger charge is 2.29. The molecule has 0 aliphatic carbocycles. The summed E-state index contributed by atoms with van der Waals surface area (Å²) in [5, 5.41) is 21.7. The van der Waals surface area contributed by atoms with Gasteiger partial charge in [-0.3, -0.25) is 0 Å². The lowest BCUT2D eigenvalue weighted by atomic mass is 10.0. The van der Waals surface area contributed by atoms with Crippen LogP contribution in [0.2, 0.25) is 5.02 Å². The van der Waals surface area contributed by atoms with E-state index in [1.807, 2.05) is 0 Å². The third-order valence-electron chi connectivity index (χ3n) is 5.50. The second-order valence-corrected chi connectivity index (χ2v) is 9.11. The minimum absolute atomic E-state index is 0.0114. The molecule has 4 rings (SSSR count). The zero-order chi connectivity index (χ0) is 27.1. The normalized spacial score (nSPS) is 12.6. The summed E-state index contributed by atoms with van der Waals surface area (Å²) in [5.41, 5.74) is -1.83. The van der Waals surface area contributed by atoms with Gasteiger partial charge < -0.3 is 10.4 Å². The first-order valence-corrected chi connectivity index (χ1v) is 11.2. The molecular formula is C25H19ClF4N6O. The fourth-order valence-corrected chi connectivity index (χ4v) is 3.83. The van der Waals surface area contributed by atoms with Crippen LogP contribution in [-0.2, 0) is 5.60 Å². The number of aromatic nitrogens is 4. The Hall–Kier alpha value is -3.88. The van der Waals surface area contributed by atoms with Crippen molar-refractivity contribution in [2.45, 2.75) is 38.8 Å². The van der Waals surface area contributed by atoms with Gasteiger partial charge in [0, 0.05) is 29.6 Å². The number of benzene rings is 1. The highest BCUT2D eigenvalue weighted by atomic mass is 35.5. The Morgan fingerprint density at radius 3 is 2.35 bits per heavy atom. The first-order chi connectivity index (χ1) is 17.4. The molecule has 7 nitrogen and oxygen atoms in total. The van der Waals surface area contributed by atoms with E-state index in [9.17, 15) is 18.3 Å². The van der Waals surface area contributed by atoms with Crippen LogP contribution in [0.25, 0.3) is 22.3 Å². The lowest BCUT2D eigenvalue weighted by Crippen LogP contribution is -2.21. The van der Waals surface area contributed by atoms with Crippen LogP contribution < -0.4 is 5.32 Å². The summed E-state index contributed by atoms with van der Waals surface area (Å²) in [6.45, 7) is 4.47. The van der Waals surface area contributed by atoms with Crippen LogP contribution in [0.4, 0.5) is 23.2 Å². The molecule has 3 heterocycles. The van der Waals surface area contributed by atoms with Crippen LogP contribution in [0.3, 0.4) is 0 Å². The number of rotatable bonds is 6. The molecule has 0 saturated heterocycles. The highest BCUT2D eigenvalue weighted by molar-refractivity contribution is 6.35. The Morgan fingerprint density at radius 2 is 1.76 bits per heavy atom. The highest BCUT2D eigenvalue weighted by Crippen LogP contribution is 2.38. The second-order valence-electron chi connectivity index (χ2n) is 8.73. The first kappa shape index (κ1) is 26.2. The van der Waals surface area contributed by atoms with Crippen LogP contribution in [0.5, 0.6) is 0 Å². The summed E-state index contributed by atoms with van der Waals surface area (Å²) in [6, 6.07) is 4.04. The van der Waals surface area contributed by atoms with Gasteiger partial charge in [0.2, 0.25) is 0 Å². The van der Waals surface area contributed by atoms with Crippen LogP contribution >= 0.6 is 11.6 Å². The van der Waals surface area contributed by atoms with Crippen LogP contribution in [0, 0.1) is 29.9 Å². The van der Waals surface area contributed by atoms with Crippen molar-refractivity contribution < 1.29 is 22.7 Å². The molecule has 0 radical (unpaired) electrons. The molecule has 0 aliphatic heterocycles. The van der Waals surface area contributed by atoms with Gasteiger partial charge in [0.1, 0.15) is 28.7 Å². The monoisotopic (exact) mass is 530 g/mol. The van der Waals surface area contributed by atoms with E-state index in [1.54, 1.807) is 6.07 Å². The number of nitrogens with one attached hydrogen (secondary N) is 1. The molecular weight excluding hydrogens is 512 g/mol. The van der Waals surface area contributed by atoms with E-state index in [2.05, 4.69) is 25.3 Å². The molecule has 0 bridgehead atoms. The SMILES string of the molecule is Cc1nc2cc(F)c(-c3cnc(C(C)(C)O)nc3)nc2c(N[C@@H](c2cc(C#N)ccc2F)C(F)F)c1Cl. The van der Waals surface area contributed by atoms with Crippen LogP contribution in [0.15, 0.2) is 36.7 Å². The number of hydrogen-bond acceptors (Lipinski definition) is 7. The fraction of sp³-hybridized carbons (Fsp3) is 0.240. The predicted molar refractivity (Wildman–Crippen MR) is 129 cm³/mol. The van der Waals surface area contributed by atoms with E-state index in [1.165, 1.54) is 39.2 Å². The molecule has 12 heteroatoms. The molecule has 0 amide bonds. The van der Waals surface area contributed by atoms with Gasteiger partial charge in [-0.1, -0.05) is 11.6 Å². The number of nitrogens with zero attached hydrogens (tertiary/aromatic N) is 5. The summed E-state index contributed by atoms with van der Waals surface area (Å²) in [4.78, 5) is 16.6. The molecule has 1 atom stereocenters. The van der Waals surface area contributed by atoms with E-state index in [4.69, 9.17) is 16.9 Å². The number of hydrogen-bond donors (Lipinski definition) is 2. The third-order valence-corrected chi connectivity index (χ3v) is 5.96. The van der Waals surface area contributed by atoms with Crippen molar-refractivity contribution in [1.29, 1.82) is 5.26 Å². The number of anilines is 1. The Labute approximate surface area is 213 Å². The van der Waals surface area contributed by atoms with E-state index in [0.717, 1.165) is 18.2 Å². The number of halogens is 5. The molecule has 1 aromatic carbocycles. The van der Waals surface area contributed by atoms with E-state index in [-0.39, 0.29) is 50.1 Å². The zero-order valence-corrected chi connectivity index (χ0v) is 20.4. The number of nitriles is 1. The quantitative estimate of drug-likeness (QED) is 0.301. The van der Waals surface area contributed by atoms with Gasteiger partial charge in [-0.15, -0.1) is 0 Å². The lowest BCUT2D eigenvalue weighted by molar-refractivity contribution is 0.0687. The number of aryl methyl sites for hydroxylation is 1. The van der Waals surface area contributed by atoms with Crippen molar-refractivity contribution in [3.8, 4) is 17.3 Å². The molecule has 0 spiro atoms. The fourth-order valence-electron chi connectivity index (χ4n) is 3.65. The van der Waals surface area contributed by atoms with E-state index in [0.29, 0.717) is 0 Å². The number of aliphatic hydroxyl groups is 1. The smallest absolute Gasteiger partial charge is 0.262 e. The summed E-state index contributed by atoms with van der Waals surface area (Å²) in [6.07, 6.45) is -0.595. The van der Waals surface area contributed by atoms with Gasteiger partial charge in [0.25, 0.3) is 6.43 Å². The summed E-state index contributed by atoms with van der Waals surface area (Å²) >= 11 is 6.41. The van der Waals surface area contributed by atoms with E-state index < -0.39 is 35.3 Å². The third kappa shape index (κ3) is 5.16. The molecule has 37 heavy (non-hydrogen) atoms. The molecule has 0 fully saturated rings. The van der Waals surface area contributed by atoms with Gasteiger partial charge in [0.15, 0.2) is 11.6 Å². The second kappa shape index (κ2) is 9.88. The Balaban J connectivity index is 1.88. The van der Waals surface area contributed by atoms with Gasteiger partial charge in [-0.25, -0.2) is 37.5 Å². The van der Waals surface area contributed by atoms with Gasteiger partial charge >= 0.3 is 0 Å². The van der Waals surface area contributed by atoms with Crippen molar-refractivity contribution in [2.24, 2.45) is 0 Å². The Morgan fingerprint density at radius 1 is 1.08 bits per heavy atom. The van der Waals surface area contributed by atoms with Crippen LogP contribution in [0.1, 0.15) is 42.5 Å². The molecule has 0 aliphatic rings. The maximum Gasteiger partial charge on any atom is 0.262 e. The number of fused-ring (bicyclic) bond motifs is 1. The van der Waals surface area contributed by atoms with Crippen molar-refractivity contribution in [1.82, 2.24) is 19.9 Å². The topological polar surface area (TPSA) is 108 Å². The summed E-state index contributed by atoms with van der Waals surface area (Å²) < 4.78 is 57.9. The van der Waals surface area contributed by atoms with Gasteiger partial charge in [-0.05, 0) is 39.0 Å².